The van der Waals surface area contributed by atoms with Crippen LogP contribution in [0.4, 0.5) is 0 Å². The van der Waals surface area contributed by atoms with Gasteiger partial charge < -0.3 is 4.74 Å². The molecule has 0 aliphatic rings. The minimum absolute atomic E-state index is 0.638. The zero-order chi connectivity index (χ0) is 7.11. The second-order valence-corrected chi connectivity index (χ2v) is 1.39. The van der Waals surface area contributed by atoms with Crippen LogP contribution in [0.25, 0.3) is 0 Å². The highest BCUT2D eigenvalue weighted by Crippen LogP contribution is 1.89. The van der Waals surface area contributed by atoms with Crippen molar-refractivity contribution in [1.29, 1.82) is 5.26 Å². The number of aliphatic imine (C=N–C) groups is 1. The van der Waals surface area contributed by atoms with Gasteiger partial charge in [-0.05, 0) is 6.92 Å². The van der Waals surface area contributed by atoms with E-state index in [9.17, 15) is 0 Å². The summed E-state index contributed by atoms with van der Waals surface area (Å²) in [4.78, 5) is 3.72. The van der Waals surface area contributed by atoms with E-state index in [0.717, 1.165) is 0 Å². The van der Waals surface area contributed by atoms with E-state index in [1.54, 1.807) is 6.92 Å². The molecule has 0 aliphatic carbocycles. The molecule has 9 heavy (non-hydrogen) atoms. The lowest BCUT2D eigenvalue weighted by atomic mass is 10.5. The lowest BCUT2D eigenvalue weighted by Gasteiger charge is -1.85. The molecule has 48 valence electrons. The summed E-state index contributed by atoms with van der Waals surface area (Å²) in [5, 5.41) is 8.09. The third kappa shape index (κ3) is 4.56. The molecule has 0 radical (unpaired) electrons. The van der Waals surface area contributed by atoms with E-state index in [1.807, 2.05) is 6.07 Å². The van der Waals surface area contributed by atoms with Crippen molar-refractivity contribution >= 4 is 6.40 Å². The molecule has 0 aromatic carbocycles. The Bertz CT molecular complexity index is 164. The molecule has 0 heterocycles. The highest BCUT2D eigenvalue weighted by atomic mass is 16.5. The van der Waals surface area contributed by atoms with Gasteiger partial charge in [0, 0.05) is 6.08 Å². The fourth-order valence-corrected chi connectivity index (χ4v) is 0.267. The number of nitriles is 1. The van der Waals surface area contributed by atoms with Crippen molar-refractivity contribution in [2.45, 2.75) is 6.92 Å². The van der Waals surface area contributed by atoms with Gasteiger partial charge in [0.2, 0.25) is 0 Å². The van der Waals surface area contributed by atoms with Gasteiger partial charge in [0.1, 0.15) is 0 Å². The SMILES string of the molecule is COC=NC(C)=CC#N. The number of rotatable bonds is 2. The van der Waals surface area contributed by atoms with E-state index in [2.05, 4.69) is 9.73 Å². The standard InChI is InChI=1S/C6H8N2O/c1-6(3-4-7)8-5-9-2/h3,5H,1-2H3. The van der Waals surface area contributed by atoms with Crippen LogP contribution < -0.4 is 0 Å². The topological polar surface area (TPSA) is 45.4 Å². The summed E-state index contributed by atoms with van der Waals surface area (Å²) in [7, 11) is 1.50. The fourth-order valence-electron chi connectivity index (χ4n) is 0.267. The van der Waals surface area contributed by atoms with Crippen molar-refractivity contribution in [2.75, 3.05) is 7.11 Å². The largest absolute Gasteiger partial charge is 0.486 e. The minimum atomic E-state index is 0.638. The lowest BCUT2D eigenvalue weighted by Crippen LogP contribution is -1.76. The van der Waals surface area contributed by atoms with Crippen molar-refractivity contribution in [1.82, 2.24) is 0 Å². The molecule has 3 nitrogen and oxygen atoms in total. The molecule has 3 heteroatoms. The molecular weight excluding hydrogens is 116 g/mol. The maximum absolute atomic E-state index is 8.09. The molecule has 0 N–H and O–H groups in total. The Kier molecular flexibility index (Phi) is 4.15. The first-order valence-corrected chi connectivity index (χ1v) is 2.43. The molecule has 0 unspecified atom stereocenters. The maximum atomic E-state index is 8.09. The molecular formula is C6H8N2O. The highest BCUT2D eigenvalue weighted by molar-refractivity contribution is 5.48. The van der Waals surface area contributed by atoms with E-state index in [-0.39, 0.29) is 0 Å². The summed E-state index contributed by atoms with van der Waals surface area (Å²) in [6.07, 6.45) is 2.62. The molecule has 0 saturated carbocycles. The van der Waals surface area contributed by atoms with Gasteiger partial charge in [-0.15, -0.1) is 0 Å². The van der Waals surface area contributed by atoms with Crippen LogP contribution in [0.2, 0.25) is 0 Å². The van der Waals surface area contributed by atoms with E-state index in [4.69, 9.17) is 5.26 Å². The predicted molar refractivity (Wildman–Crippen MR) is 34.9 cm³/mol. The van der Waals surface area contributed by atoms with Crippen LogP contribution in [0, 0.1) is 11.3 Å². The number of ether oxygens (including phenoxy) is 1. The van der Waals surface area contributed by atoms with Gasteiger partial charge in [-0.1, -0.05) is 0 Å². The molecule has 0 fully saturated rings. The van der Waals surface area contributed by atoms with Crippen LogP contribution in [0.3, 0.4) is 0 Å². The Morgan fingerprint density at radius 2 is 2.44 bits per heavy atom. The molecule has 0 saturated heterocycles. The minimum Gasteiger partial charge on any atom is -0.486 e. The van der Waals surface area contributed by atoms with E-state index >= 15 is 0 Å². The number of hydrogen-bond donors (Lipinski definition) is 0. The van der Waals surface area contributed by atoms with Crippen molar-refractivity contribution in [2.24, 2.45) is 4.99 Å². The van der Waals surface area contributed by atoms with E-state index in [0.29, 0.717) is 5.70 Å². The normalized spacial score (nSPS) is 11.4. The quantitative estimate of drug-likeness (QED) is 0.314. The summed E-state index contributed by atoms with van der Waals surface area (Å²) >= 11 is 0. The number of nitrogens with zero attached hydrogens (tertiary/aromatic N) is 2. The Morgan fingerprint density at radius 3 is 2.89 bits per heavy atom. The van der Waals surface area contributed by atoms with Crippen LogP contribution >= 0.6 is 0 Å². The van der Waals surface area contributed by atoms with Gasteiger partial charge in [0.15, 0.2) is 6.40 Å². The van der Waals surface area contributed by atoms with Gasteiger partial charge in [0.25, 0.3) is 0 Å². The molecule has 0 spiro atoms. The van der Waals surface area contributed by atoms with Crippen LogP contribution in [0.1, 0.15) is 6.92 Å². The zero-order valence-electron chi connectivity index (χ0n) is 5.46. The monoisotopic (exact) mass is 124 g/mol. The molecule has 0 aromatic rings. The third-order valence-corrected chi connectivity index (χ3v) is 0.635. The molecule has 0 aliphatic heterocycles. The second kappa shape index (κ2) is 4.85. The van der Waals surface area contributed by atoms with Gasteiger partial charge in [-0.3, -0.25) is 0 Å². The summed E-state index contributed by atoms with van der Waals surface area (Å²) < 4.78 is 4.52. The Balaban J connectivity index is 3.79. The first-order valence-electron chi connectivity index (χ1n) is 2.43. The first-order chi connectivity index (χ1) is 4.31. The van der Waals surface area contributed by atoms with Gasteiger partial charge in [-0.25, -0.2) is 4.99 Å². The van der Waals surface area contributed by atoms with Crippen molar-refractivity contribution in [3.05, 3.63) is 11.8 Å². The Morgan fingerprint density at radius 1 is 1.78 bits per heavy atom. The van der Waals surface area contributed by atoms with Crippen molar-refractivity contribution < 1.29 is 4.74 Å². The van der Waals surface area contributed by atoms with Crippen LogP contribution in [0.15, 0.2) is 16.8 Å². The van der Waals surface area contributed by atoms with Gasteiger partial charge in [-0.2, -0.15) is 5.26 Å². The third-order valence-electron chi connectivity index (χ3n) is 0.635. The lowest BCUT2D eigenvalue weighted by molar-refractivity contribution is 0.422. The van der Waals surface area contributed by atoms with E-state index in [1.165, 1.54) is 19.6 Å². The summed E-state index contributed by atoms with van der Waals surface area (Å²) in [5.41, 5.74) is 0.638. The molecule has 0 bridgehead atoms. The average Bonchev–Trinajstić information content (AvgIpc) is 1.85. The molecule has 0 aromatic heterocycles. The smallest absolute Gasteiger partial charge is 0.173 e. The predicted octanol–water partition coefficient (Wildman–Crippen LogP) is 1.09. The van der Waals surface area contributed by atoms with Crippen LogP contribution in [0.5, 0.6) is 0 Å². The number of hydrogen-bond acceptors (Lipinski definition) is 3. The first kappa shape index (κ1) is 7.70. The van der Waals surface area contributed by atoms with Crippen LogP contribution in [-0.4, -0.2) is 13.5 Å². The van der Waals surface area contributed by atoms with Crippen LogP contribution in [-0.2, 0) is 4.74 Å². The fraction of sp³-hybridized carbons (Fsp3) is 0.333. The van der Waals surface area contributed by atoms with Gasteiger partial charge in [0.05, 0.1) is 18.9 Å². The van der Waals surface area contributed by atoms with Gasteiger partial charge >= 0.3 is 0 Å². The summed E-state index contributed by atoms with van der Waals surface area (Å²) in [5.74, 6) is 0. The van der Waals surface area contributed by atoms with E-state index < -0.39 is 0 Å². The molecule has 0 rings (SSSR count). The molecule has 0 atom stereocenters. The molecule has 0 amide bonds. The number of methoxy groups -OCH3 is 1. The second-order valence-electron chi connectivity index (χ2n) is 1.39. The Labute approximate surface area is 54.3 Å². The zero-order valence-corrected chi connectivity index (χ0v) is 5.46. The van der Waals surface area contributed by atoms with Crippen molar-refractivity contribution in [3.8, 4) is 6.07 Å². The maximum Gasteiger partial charge on any atom is 0.173 e. The Hall–Kier alpha value is -1.30. The van der Waals surface area contributed by atoms with Crippen molar-refractivity contribution in [3.63, 3.8) is 0 Å². The summed E-state index contributed by atoms with van der Waals surface area (Å²) in [6.45, 7) is 1.72. The summed E-state index contributed by atoms with van der Waals surface area (Å²) in [6, 6.07) is 1.85. The number of allylic oxidation sites excluding steroid dienone is 2. The highest BCUT2D eigenvalue weighted by Gasteiger charge is 1.77. The average molecular weight is 124 g/mol.